The first-order chi connectivity index (χ1) is 19.9. The van der Waals surface area contributed by atoms with Gasteiger partial charge in [0.15, 0.2) is 12.2 Å². The molecule has 0 saturated carbocycles. The van der Waals surface area contributed by atoms with Crippen molar-refractivity contribution in [3.63, 3.8) is 0 Å². The third-order valence-electron chi connectivity index (χ3n) is 6.99. The number of ether oxygens (including phenoxy) is 5. The van der Waals surface area contributed by atoms with E-state index in [0.717, 1.165) is 43.4 Å². The van der Waals surface area contributed by atoms with Gasteiger partial charge in [-0.25, -0.2) is 0 Å². The Bertz CT molecular complexity index is 1570. The summed E-state index contributed by atoms with van der Waals surface area (Å²) in [5.74, 6) is -4.68. The van der Waals surface area contributed by atoms with Gasteiger partial charge in [-0.15, -0.1) is 0 Å². The molecule has 0 radical (unpaired) electrons. The Kier molecular flexibility index (Phi) is 7.65. The fraction of sp³-hybridized carbons (Fsp3) is 0.333. The van der Waals surface area contributed by atoms with Crippen LogP contribution in [0.1, 0.15) is 48.4 Å². The Hall–Kier alpha value is -4.84. The van der Waals surface area contributed by atoms with Crippen molar-refractivity contribution < 1.29 is 52.5 Å². The molecule has 0 aromatic heterocycles. The van der Waals surface area contributed by atoms with Crippen LogP contribution in [0.5, 0.6) is 0 Å². The zero-order chi connectivity index (χ0) is 30.3. The number of hydrogen-bond acceptors (Lipinski definition) is 11. The summed E-state index contributed by atoms with van der Waals surface area (Å²) < 4.78 is 27.3. The summed E-state index contributed by atoms with van der Waals surface area (Å²) in [7, 11) is 0. The molecule has 0 aliphatic carbocycles. The molecule has 2 heterocycles. The van der Waals surface area contributed by atoms with E-state index in [1.54, 1.807) is 12.1 Å². The first kappa shape index (κ1) is 28.7. The summed E-state index contributed by atoms with van der Waals surface area (Å²) in [5.41, 5.74) is 0.161. The number of esters is 4. The highest BCUT2D eigenvalue weighted by Gasteiger charge is 2.58. The second kappa shape index (κ2) is 11.2. The molecular weight excluding hydrogens is 550 g/mol. The molecule has 2 amide bonds. The maximum atomic E-state index is 13.9. The standard InChI is InChI=1S/C30H27NO11/c1-14(32)38-13-24-26(39-15(2)33)27(40-16(3)34)25(30(42-24)41-17(4)35)31-28(36)22-11-20-9-18-7-5-6-8-19(18)10-21(20)12-23(22)29(31)37/h5-12,24-27,30H,13H2,1-4H3/t24-,25-,26-,27-,30-/m1/s1. The number of benzene rings is 3. The molecule has 12 nitrogen and oxygen atoms in total. The molecule has 5 rings (SSSR count). The van der Waals surface area contributed by atoms with Crippen LogP contribution in [-0.4, -0.2) is 77.8 Å². The molecule has 218 valence electrons. The lowest BCUT2D eigenvalue weighted by Crippen LogP contribution is -2.67. The van der Waals surface area contributed by atoms with Crippen molar-refractivity contribution >= 4 is 57.2 Å². The van der Waals surface area contributed by atoms with E-state index in [0.29, 0.717) is 10.8 Å². The normalized spacial score (nSPS) is 23.4. The van der Waals surface area contributed by atoms with Crippen molar-refractivity contribution in [3.8, 4) is 0 Å². The zero-order valence-electron chi connectivity index (χ0n) is 23.2. The molecule has 5 atom stereocenters. The summed E-state index contributed by atoms with van der Waals surface area (Å²) in [5, 5.41) is 3.30. The van der Waals surface area contributed by atoms with Crippen LogP contribution >= 0.6 is 0 Å². The highest BCUT2D eigenvalue weighted by Crippen LogP contribution is 2.37. The minimum Gasteiger partial charge on any atom is -0.463 e. The molecule has 12 heteroatoms. The fourth-order valence-corrected chi connectivity index (χ4v) is 5.39. The lowest BCUT2D eigenvalue weighted by molar-refractivity contribution is -0.278. The fourth-order valence-electron chi connectivity index (χ4n) is 5.39. The number of fused-ring (bicyclic) bond motifs is 3. The highest BCUT2D eigenvalue weighted by molar-refractivity contribution is 6.23. The van der Waals surface area contributed by atoms with E-state index in [1.165, 1.54) is 0 Å². The minimum absolute atomic E-state index is 0.0806. The van der Waals surface area contributed by atoms with Crippen molar-refractivity contribution in [2.75, 3.05) is 6.61 Å². The monoisotopic (exact) mass is 577 g/mol. The van der Waals surface area contributed by atoms with Crippen molar-refractivity contribution in [3.05, 3.63) is 59.7 Å². The number of hydrogen-bond donors (Lipinski definition) is 0. The van der Waals surface area contributed by atoms with Gasteiger partial charge in [0, 0.05) is 27.7 Å². The van der Waals surface area contributed by atoms with Gasteiger partial charge in [-0.05, 0) is 45.8 Å². The molecule has 2 aliphatic heterocycles. The van der Waals surface area contributed by atoms with Gasteiger partial charge in [0.1, 0.15) is 18.8 Å². The second-order valence-corrected chi connectivity index (χ2v) is 10.0. The Morgan fingerprint density at radius 1 is 0.690 bits per heavy atom. The quantitative estimate of drug-likeness (QED) is 0.184. The first-order valence-corrected chi connectivity index (χ1v) is 13.1. The summed E-state index contributed by atoms with van der Waals surface area (Å²) in [6.45, 7) is 3.93. The summed E-state index contributed by atoms with van der Waals surface area (Å²) >= 11 is 0. The molecule has 1 saturated heterocycles. The van der Waals surface area contributed by atoms with Crippen molar-refractivity contribution in [1.82, 2.24) is 4.90 Å². The average Bonchev–Trinajstić information content (AvgIpc) is 3.14. The van der Waals surface area contributed by atoms with E-state index in [2.05, 4.69) is 0 Å². The smallest absolute Gasteiger partial charge is 0.305 e. The van der Waals surface area contributed by atoms with Gasteiger partial charge in [0.05, 0.1) is 11.1 Å². The SMILES string of the molecule is CC(=O)OC[C@H]1O[C@@H](OC(C)=O)[C@H](N2C(=O)c3cc4cc5ccccc5cc4cc3C2=O)[C@@H](OC(C)=O)[C@@H]1OC(C)=O. The largest absolute Gasteiger partial charge is 0.463 e. The highest BCUT2D eigenvalue weighted by atomic mass is 16.7. The Morgan fingerprint density at radius 2 is 1.19 bits per heavy atom. The van der Waals surface area contributed by atoms with Crippen LogP contribution < -0.4 is 0 Å². The molecule has 3 aromatic rings. The van der Waals surface area contributed by atoms with Crippen molar-refractivity contribution in [2.45, 2.75) is 58.3 Å². The topological polar surface area (TPSA) is 152 Å². The molecule has 0 spiro atoms. The maximum Gasteiger partial charge on any atom is 0.305 e. The summed E-state index contributed by atoms with van der Waals surface area (Å²) in [6, 6.07) is 13.0. The molecule has 0 bridgehead atoms. The number of carbonyl (C=O) groups excluding carboxylic acids is 6. The van der Waals surface area contributed by atoms with Crippen LogP contribution in [0.15, 0.2) is 48.5 Å². The van der Waals surface area contributed by atoms with Gasteiger partial charge in [-0.1, -0.05) is 24.3 Å². The second-order valence-electron chi connectivity index (χ2n) is 10.0. The van der Waals surface area contributed by atoms with Crippen LogP contribution in [0, 0.1) is 0 Å². The Balaban J connectivity index is 1.62. The summed E-state index contributed by atoms with van der Waals surface area (Å²) in [4.78, 5) is 76.6. The molecule has 42 heavy (non-hydrogen) atoms. The average molecular weight is 578 g/mol. The molecule has 0 unspecified atom stereocenters. The number of nitrogens with zero attached hydrogens (tertiary/aromatic N) is 1. The van der Waals surface area contributed by atoms with Crippen LogP contribution in [0.25, 0.3) is 21.5 Å². The molecule has 3 aromatic carbocycles. The third kappa shape index (κ3) is 5.40. The van der Waals surface area contributed by atoms with Crippen molar-refractivity contribution in [1.29, 1.82) is 0 Å². The van der Waals surface area contributed by atoms with E-state index < -0.39 is 72.9 Å². The van der Waals surface area contributed by atoms with Gasteiger partial charge in [0.2, 0.25) is 6.29 Å². The predicted molar refractivity (Wildman–Crippen MR) is 144 cm³/mol. The van der Waals surface area contributed by atoms with Gasteiger partial charge >= 0.3 is 23.9 Å². The molecule has 0 N–H and O–H groups in total. The van der Waals surface area contributed by atoms with Gasteiger partial charge in [-0.3, -0.25) is 33.7 Å². The maximum absolute atomic E-state index is 13.9. The molecule has 1 fully saturated rings. The van der Waals surface area contributed by atoms with E-state index in [-0.39, 0.29) is 11.1 Å². The Labute approximate surface area is 239 Å². The van der Waals surface area contributed by atoms with Gasteiger partial charge in [-0.2, -0.15) is 0 Å². The van der Waals surface area contributed by atoms with Crippen molar-refractivity contribution in [2.24, 2.45) is 0 Å². The summed E-state index contributed by atoms with van der Waals surface area (Å²) in [6.07, 6.45) is -5.95. The lowest BCUT2D eigenvalue weighted by Gasteiger charge is -2.46. The van der Waals surface area contributed by atoms with Crippen LogP contribution in [0.4, 0.5) is 0 Å². The van der Waals surface area contributed by atoms with Gasteiger partial charge in [0.25, 0.3) is 11.8 Å². The van der Waals surface area contributed by atoms with Crippen LogP contribution in [-0.2, 0) is 42.9 Å². The predicted octanol–water partition coefficient (Wildman–Crippen LogP) is 2.67. The molecule has 2 aliphatic rings. The third-order valence-corrected chi connectivity index (χ3v) is 6.99. The van der Waals surface area contributed by atoms with Crippen LogP contribution in [0.3, 0.4) is 0 Å². The van der Waals surface area contributed by atoms with Gasteiger partial charge < -0.3 is 23.7 Å². The zero-order valence-corrected chi connectivity index (χ0v) is 23.2. The Morgan fingerprint density at radius 3 is 1.67 bits per heavy atom. The number of imide groups is 1. The van der Waals surface area contributed by atoms with Crippen LogP contribution in [0.2, 0.25) is 0 Å². The van der Waals surface area contributed by atoms with E-state index in [4.69, 9.17) is 23.7 Å². The number of amides is 2. The molecular formula is C30H27NO11. The van der Waals surface area contributed by atoms with E-state index in [9.17, 15) is 28.8 Å². The number of carbonyl (C=O) groups is 6. The first-order valence-electron chi connectivity index (χ1n) is 13.1. The van der Waals surface area contributed by atoms with E-state index in [1.807, 2.05) is 36.4 Å². The lowest BCUT2D eigenvalue weighted by atomic mass is 9.94. The van der Waals surface area contributed by atoms with E-state index >= 15 is 0 Å². The minimum atomic E-state index is -1.67. The number of rotatable bonds is 6.